The van der Waals surface area contributed by atoms with Crippen molar-refractivity contribution in [2.45, 2.75) is 66.1 Å². The van der Waals surface area contributed by atoms with Gasteiger partial charge in [-0.05, 0) is 72.5 Å². The standard InChI is InChI=1S/C32H33F6N5O/c1-7-42(19(2)22-13-23(31(33,34)35)15-24(14-22)32(36,37)38)17-20-8-9-21(16-39)25(12-20)26-10-11-27-28(40-26)41(6)29(44)43(27)18-30(3,4)5/h8-15,19H,7,17-18H2,1-6H3/t19-/m0/s1. The third-order valence-corrected chi connectivity index (χ3v) is 7.53. The Kier molecular flexibility index (Phi) is 8.77. The minimum atomic E-state index is -4.94. The highest BCUT2D eigenvalue weighted by Gasteiger charge is 2.37. The summed E-state index contributed by atoms with van der Waals surface area (Å²) in [5, 5.41) is 9.83. The van der Waals surface area contributed by atoms with Crippen LogP contribution in [0, 0.1) is 16.7 Å². The minimum absolute atomic E-state index is 0.115. The van der Waals surface area contributed by atoms with Crippen LogP contribution in [0.4, 0.5) is 26.3 Å². The Labute approximate surface area is 251 Å². The highest BCUT2D eigenvalue weighted by atomic mass is 19.4. The zero-order chi connectivity index (χ0) is 32.8. The second-order valence-electron chi connectivity index (χ2n) is 12.1. The average molecular weight is 618 g/mol. The first kappa shape index (κ1) is 32.8. The van der Waals surface area contributed by atoms with E-state index in [4.69, 9.17) is 4.98 Å². The number of aryl methyl sites for hydroxylation is 1. The first-order valence-electron chi connectivity index (χ1n) is 14.0. The van der Waals surface area contributed by atoms with Gasteiger partial charge in [-0.3, -0.25) is 14.0 Å². The number of pyridine rings is 1. The summed E-state index contributed by atoms with van der Waals surface area (Å²) in [6, 6.07) is 11.5. The van der Waals surface area contributed by atoms with Crippen molar-refractivity contribution < 1.29 is 26.3 Å². The van der Waals surface area contributed by atoms with Gasteiger partial charge in [-0.25, -0.2) is 9.78 Å². The highest BCUT2D eigenvalue weighted by molar-refractivity contribution is 5.78. The van der Waals surface area contributed by atoms with Crippen LogP contribution in [-0.4, -0.2) is 25.6 Å². The van der Waals surface area contributed by atoms with Gasteiger partial charge in [0.05, 0.1) is 34.0 Å². The van der Waals surface area contributed by atoms with Gasteiger partial charge in [0.2, 0.25) is 0 Å². The number of nitriles is 1. The van der Waals surface area contributed by atoms with Crippen LogP contribution in [0.2, 0.25) is 0 Å². The zero-order valence-electron chi connectivity index (χ0n) is 25.2. The normalized spacial score (nSPS) is 13.5. The number of halogens is 6. The Morgan fingerprint density at radius 2 is 1.57 bits per heavy atom. The summed E-state index contributed by atoms with van der Waals surface area (Å²) in [6.07, 6.45) is -9.89. The van der Waals surface area contributed by atoms with E-state index >= 15 is 0 Å². The summed E-state index contributed by atoms with van der Waals surface area (Å²) in [6.45, 7) is 10.4. The quantitative estimate of drug-likeness (QED) is 0.198. The second kappa shape index (κ2) is 11.8. The fourth-order valence-corrected chi connectivity index (χ4v) is 5.24. The van der Waals surface area contributed by atoms with Gasteiger partial charge in [-0.15, -0.1) is 0 Å². The van der Waals surface area contributed by atoms with Gasteiger partial charge in [0.25, 0.3) is 0 Å². The molecule has 6 nitrogen and oxygen atoms in total. The molecule has 0 N–H and O–H groups in total. The number of alkyl halides is 6. The molecule has 0 bridgehead atoms. The molecule has 0 aliphatic heterocycles. The van der Waals surface area contributed by atoms with Gasteiger partial charge in [0.1, 0.15) is 0 Å². The third-order valence-electron chi connectivity index (χ3n) is 7.53. The molecular weight excluding hydrogens is 584 g/mol. The molecule has 0 saturated heterocycles. The summed E-state index contributed by atoms with van der Waals surface area (Å²) < 4.78 is 84.1. The molecule has 0 radical (unpaired) electrons. The highest BCUT2D eigenvalue weighted by Crippen LogP contribution is 2.38. The molecule has 0 aliphatic rings. The van der Waals surface area contributed by atoms with Crippen LogP contribution in [-0.2, 0) is 32.5 Å². The Hall–Kier alpha value is -4.11. The van der Waals surface area contributed by atoms with Crippen molar-refractivity contribution in [2.24, 2.45) is 12.5 Å². The molecule has 234 valence electrons. The molecule has 12 heteroatoms. The Morgan fingerprint density at radius 1 is 0.955 bits per heavy atom. The first-order valence-corrected chi connectivity index (χ1v) is 14.0. The van der Waals surface area contributed by atoms with Crippen LogP contribution < -0.4 is 5.69 Å². The van der Waals surface area contributed by atoms with Gasteiger partial charge in [0, 0.05) is 31.7 Å². The van der Waals surface area contributed by atoms with Crippen molar-refractivity contribution in [3.8, 4) is 17.3 Å². The summed E-state index contributed by atoms with van der Waals surface area (Å²) in [5.74, 6) is 0. The summed E-state index contributed by atoms with van der Waals surface area (Å²) >= 11 is 0. The van der Waals surface area contributed by atoms with Crippen molar-refractivity contribution in [3.63, 3.8) is 0 Å². The van der Waals surface area contributed by atoms with Crippen LogP contribution in [0.15, 0.2) is 53.3 Å². The van der Waals surface area contributed by atoms with E-state index in [-0.39, 0.29) is 29.3 Å². The molecule has 2 aromatic carbocycles. The fourth-order valence-electron chi connectivity index (χ4n) is 5.24. The van der Waals surface area contributed by atoms with Gasteiger partial charge >= 0.3 is 18.0 Å². The molecule has 4 rings (SSSR count). The number of fused-ring (bicyclic) bond motifs is 1. The van der Waals surface area contributed by atoms with Crippen molar-refractivity contribution in [1.82, 2.24) is 19.0 Å². The largest absolute Gasteiger partial charge is 0.416 e. The average Bonchev–Trinajstić information content (AvgIpc) is 3.17. The van der Waals surface area contributed by atoms with E-state index in [0.717, 1.165) is 12.1 Å². The van der Waals surface area contributed by atoms with Crippen molar-refractivity contribution in [1.29, 1.82) is 5.26 Å². The van der Waals surface area contributed by atoms with E-state index in [1.807, 2.05) is 20.8 Å². The molecule has 2 aromatic heterocycles. The monoisotopic (exact) mass is 617 g/mol. The van der Waals surface area contributed by atoms with Gasteiger partial charge < -0.3 is 0 Å². The smallest absolute Gasteiger partial charge is 0.293 e. The molecule has 0 amide bonds. The Morgan fingerprint density at radius 3 is 2.09 bits per heavy atom. The number of aromatic nitrogens is 3. The number of hydrogen-bond acceptors (Lipinski definition) is 4. The lowest BCUT2D eigenvalue weighted by atomic mass is 9.97. The number of hydrogen-bond donors (Lipinski definition) is 0. The van der Waals surface area contributed by atoms with E-state index in [2.05, 4.69) is 6.07 Å². The predicted molar refractivity (Wildman–Crippen MR) is 156 cm³/mol. The molecule has 0 aliphatic carbocycles. The van der Waals surface area contributed by atoms with Crippen molar-refractivity contribution in [2.75, 3.05) is 6.54 Å². The lowest BCUT2D eigenvalue weighted by molar-refractivity contribution is -0.143. The summed E-state index contributed by atoms with van der Waals surface area (Å²) in [5.41, 5.74) is -0.190. The molecule has 0 fully saturated rings. The first-order chi connectivity index (χ1) is 20.3. The van der Waals surface area contributed by atoms with E-state index < -0.39 is 29.5 Å². The summed E-state index contributed by atoms with van der Waals surface area (Å²) in [4.78, 5) is 19.4. The number of nitrogens with zero attached hydrogens (tertiary/aromatic N) is 5. The molecule has 0 saturated carbocycles. The SMILES string of the molecule is CCN(Cc1ccc(C#N)c(-c2ccc3c(n2)n(C)c(=O)n3CC(C)(C)C)c1)[C@@H](C)c1cc(C(F)(F)F)cc(C(F)(F)F)c1. The van der Waals surface area contributed by atoms with Crippen LogP contribution in [0.1, 0.15) is 68.5 Å². The molecule has 44 heavy (non-hydrogen) atoms. The van der Waals surface area contributed by atoms with E-state index in [1.165, 1.54) is 4.57 Å². The van der Waals surface area contributed by atoms with Crippen molar-refractivity contribution in [3.05, 3.63) is 86.8 Å². The van der Waals surface area contributed by atoms with Crippen LogP contribution >= 0.6 is 0 Å². The molecular formula is C32H33F6N5O. The van der Waals surface area contributed by atoms with E-state index in [0.29, 0.717) is 46.6 Å². The van der Waals surface area contributed by atoms with E-state index in [1.54, 1.807) is 60.7 Å². The zero-order valence-corrected chi connectivity index (χ0v) is 25.2. The van der Waals surface area contributed by atoms with Crippen LogP contribution in [0.25, 0.3) is 22.4 Å². The lowest BCUT2D eigenvalue weighted by Gasteiger charge is -2.29. The Balaban J connectivity index is 1.73. The van der Waals surface area contributed by atoms with Gasteiger partial charge in [-0.2, -0.15) is 31.6 Å². The number of rotatable bonds is 7. The molecule has 0 spiro atoms. The molecule has 4 aromatic rings. The molecule has 1 atom stereocenters. The van der Waals surface area contributed by atoms with Crippen molar-refractivity contribution >= 4 is 11.2 Å². The van der Waals surface area contributed by atoms with E-state index in [9.17, 15) is 36.4 Å². The fraction of sp³-hybridized carbons (Fsp3) is 0.406. The maximum atomic E-state index is 13.5. The number of imidazole rings is 1. The molecule has 0 unspecified atom stereocenters. The maximum Gasteiger partial charge on any atom is 0.416 e. The Bertz CT molecular complexity index is 1750. The minimum Gasteiger partial charge on any atom is -0.293 e. The number of benzene rings is 2. The predicted octanol–water partition coefficient (Wildman–Crippen LogP) is 7.94. The summed E-state index contributed by atoms with van der Waals surface area (Å²) in [7, 11) is 1.63. The second-order valence-corrected chi connectivity index (χ2v) is 12.1. The van der Waals surface area contributed by atoms with Gasteiger partial charge in [0.15, 0.2) is 5.65 Å². The topological polar surface area (TPSA) is 66.8 Å². The lowest BCUT2D eigenvalue weighted by Crippen LogP contribution is -2.27. The van der Waals surface area contributed by atoms with Crippen LogP contribution in [0.3, 0.4) is 0 Å². The maximum absolute atomic E-state index is 13.5. The third kappa shape index (κ3) is 6.83. The molecule has 2 heterocycles. The van der Waals surface area contributed by atoms with Gasteiger partial charge in [-0.1, -0.05) is 33.8 Å². The van der Waals surface area contributed by atoms with Crippen LogP contribution in [0.5, 0.6) is 0 Å².